The van der Waals surface area contributed by atoms with Crippen LogP contribution in [0.4, 0.5) is 0 Å². The first-order chi connectivity index (χ1) is 9.98. The third-order valence-corrected chi connectivity index (χ3v) is 4.97. The van der Waals surface area contributed by atoms with Crippen molar-refractivity contribution in [1.82, 2.24) is 10.2 Å². The Bertz CT molecular complexity index is 380. The van der Waals surface area contributed by atoms with Crippen molar-refractivity contribution in [3.05, 3.63) is 0 Å². The van der Waals surface area contributed by atoms with Gasteiger partial charge in [0.1, 0.15) is 0 Å². The van der Waals surface area contributed by atoms with Crippen molar-refractivity contribution in [2.24, 2.45) is 5.92 Å². The summed E-state index contributed by atoms with van der Waals surface area (Å²) in [5, 5.41) is 11.8. The molecule has 2 aliphatic rings. The summed E-state index contributed by atoms with van der Waals surface area (Å²) in [6.07, 6.45) is 9.06. The number of amides is 1. The largest absolute Gasteiger partial charge is 0.480 e. The Morgan fingerprint density at radius 3 is 2.71 bits per heavy atom. The summed E-state index contributed by atoms with van der Waals surface area (Å²) in [4.78, 5) is 24.8. The van der Waals surface area contributed by atoms with Crippen LogP contribution in [0.5, 0.6) is 0 Å². The molecule has 0 aromatic carbocycles. The van der Waals surface area contributed by atoms with Crippen LogP contribution in [0.2, 0.25) is 0 Å². The molecule has 1 amide bonds. The van der Waals surface area contributed by atoms with Crippen molar-refractivity contribution < 1.29 is 14.7 Å². The van der Waals surface area contributed by atoms with Crippen LogP contribution in [0.25, 0.3) is 0 Å². The van der Waals surface area contributed by atoms with E-state index in [2.05, 4.69) is 5.32 Å². The maximum absolute atomic E-state index is 12.2. The maximum atomic E-state index is 12.2. The Labute approximate surface area is 127 Å². The minimum Gasteiger partial charge on any atom is -0.480 e. The highest BCUT2D eigenvalue weighted by Gasteiger charge is 2.35. The summed E-state index contributed by atoms with van der Waals surface area (Å²) in [5.74, 6) is 0.227. The number of hydrogen-bond acceptors (Lipinski definition) is 3. The first-order valence-corrected chi connectivity index (χ1v) is 8.23. The molecule has 0 unspecified atom stereocenters. The molecule has 2 fully saturated rings. The maximum Gasteiger partial charge on any atom is 0.317 e. The number of carboxylic acid groups (broad SMARTS) is 1. The molecule has 21 heavy (non-hydrogen) atoms. The van der Waals surface area contributed by atoms with Gasteiger partial charge in [-0.15, -0.1) is 0 Å². The highest BCUT2D eigenvalue weighted by atomic mass is 16.4. The van der Waals surface area contributed by atoms with Gasteiger partial charge in [0, 0.05) is 25.0 Å². The number of likely N-dealkylation sites (tertiary alicyclic amines) is 1. The fourth-order valence-electron chi connectivity index (χ4n) is 3.61. The molecule has 1 aliphatic heterocycles. The van der Waals surface area contributed by atoms with Gasteiger partial charge >= 0.3 is 5.97 Å². The van der Waals surface area contributed by atoms with E-state index < -0.39 is 5.97 Å². The van der Waals surface area contributed by atoms with E-state index in [1.807, 2.05) is 11.8 Å². The molecule has 0 radical (unpaired) electrons. The van der Waals surface area contributed by atoms with E-state index in [9.17, 15) is 9.59 Å². The van der Waals surface area contributed by atoms with Crippen molar-refractivity contribution in [2.45, 2.75) is 63.8 Å². The minimum atomic E-state index is -0.849. The van der Waals surface area contributed by atoms with E-state index in [4.69, 9.17) is 5.11 Å². The van der Waals surface area contributed by atoms with Crippen molar-refractivity contribution in [3.63, 3.8) is 0 Å². The van der Waals surface area contributed by atoms with Gasteiger partial charge in [-0.05, 0) is 32.1 Å². The van der Waals surface area contributed by atoms with E-state index >= 15 is 0 Å². The summed E-state index contributed by atoms with van der Waals surface area (Å²) in [7, 11) is 0. The summed E-state index contributed by atoms with van der Waals surface area (Å²) < 4.78 is 0. The normalized spacial score (nSPS) is 26.4. The van der Waals surface area contributed by atoms with Crippen LogP contribution < -0.4 is 5.32 Å². The lowest BCUT2D eigenvalue weighted by Gasteiger charge is -2.25. The third kappa shape index (κ3) is 4.99. The summed E-state index contributed by atoms with van der Waals surface area (Å²) >= 11 is 0. The Hall–Kier alpha value is -1.10. The number of nitrogens with one attached hydrogen (secondary N) is 1. The Kier molecular flexibility index (Phi) is 5.62. The van der Waals surface area contributed by atoms with Gasteiger partial charge in [0.2, 0.25) is 5.91 Å². The number of carbonyl (C=O) groups is 2. The number of hydrogen-bond donors (Lipinski definition) is 2. The molecule has 1 aliphatic carbocycles. The van der Waals surface area contributed by atoms with Gasteiger partial charge in [0.25, 0.3) is 0 Å². The van der Waals surface area contributed by atoms with Gasteiger partial charge in [-0.1, -0.05) is 25.7 Å². The quantitative estimate of drug-likeness (QED) is 0.754. The summed E-state index contributed by atoms with van der Waals surface area (Å²) in [6.45, 7) is 3.33. The number of carbonyl (C=O) groups excluding carboxylic acids is 1. The zero-order valence-electron chi connectivity index (χ0n) is 13.1. The molecule has 2 rings (SSSR count). The lowest BCUT2D eigenvalue weighted by atomic mass is 10.0. The first kappa shape index (κ1) is 16.3. The first-order valence-electron chi connectivity index (χ1n) is 8.23. The predicted molar refractivity (Wildman–Crippen MR) is 81.0 cm³/mol. The Morgan fingerprint density at radius 2 is 2.05 bits per heavy atom. The number of nitrogens with zero attached hydrogens (tertiary/aromatic N) is 1. The second-order valence-corrected chi connectivity index (χ2v) is 6.92. The average Bonchev–Trinajstić information content (AvgIpc) is 3.07. The number of rotatable bonds is 7. The molecule has 5 nitrogen and oxygen atoms in total. The molecule has 1 saturated carbocycles. The molecule has 1 saturated heterocycles. The monoisotopic (exact) mass is 296 g/mol. The topological polar surface area (TPSA) is 69.6 Å². The highest BCUT2D eigenvalue weighted by molar-refractivity contribution is 5.76. The van der Waals surface area contributed by atoms with Gasteiger partial charge in [-0.3, -0.25) is 14.9 Å². The Morgan fingerprint density at radius 1 is 1.33 bits per heavy atom. The molecule has 0 bridgehead atoms. The van der Waals surface area contributed by atoms with Crippen molar-refractivity contribution in [2.75, 3.05) is 19.6 Å². The van der Waals surface area contributed by atoms with Crippen LogP contribution in [0.15, 0.2) is 0 Å². The van der Waals surface area contributed by atoms with E-state index in [1.54, 1.807) is 0 Å². The fraction of sp³-hybridized carbons (Fsp3) is 0.875. The summed E-state index contributed by atoms with van der Waals surface area (Å²) in [5.41, 5.74) is -0.250. The van der Waals surface area contributed by atoms with E-state index in [1.165, 1.54) is 32.1 Å². The van der Waals surface area contributed by atoms with Crippen LogP contribution in [0, 0.1) is 5.92 Å². The fourth-order valence-corrected chi connectivity index (χ4v) is 3.61. The molecule has 120 valence electrons. The second kappa shape index (κ2) is 7.25. The molecular formula is C16H28N2O3. The second-order valence-electron chi connectivity index (χ2n) is 6.92. The molecule has 0 spiro atoms. The third-order valence-electron chi connectivity index (χ3n) is 4.97. The number of carboxylic acids is 1. The average molecular weight is 296 g/mol. The molecule has 0 aromatic rings. The van der Waals surface area contributed by atoms with E-state index in [0.29, 0.717) is 13.0 Å². The zero-order valence-corrected chi connectivity index (χ0v) is 13.1. The molecule has 1 atom stereocenters. The van der Waals surface area contributed by atoms with Crippen molar-refractivity contribution >= 4 is 11.9 Å². The van der Waals surface area contributed by atoms with Crippen LogP contribution >= 0.6 is 0 Å². The molecule has 0 aromatic heterocycles. The van der Waals surface area contributed by atoms with E-state index in [-0.39, 0.29) is 18.0 Å². The van der Waals surface area contributed by atoms with Crippen LogP contribution in [0.3, 0.4) is 0 Å². The highest BCUT2D eigenvalue weighted by Crippen LogP contribution is 2.29. The SMILES string of the molecule is C[C@@]1(NCC(=O)O)CCN(C(=O)CCCC2CCCC2)C1. The lowest BCUT2D eigenvalue weighted by molar-refractivity contribution is -0.136. The van der Waals surface area contributed by atoms with Crippen LogP contribution in [0.1, 0.15) is 58.3 Å². The van der Waals surface area contributed by atoms with Gasteiger partial charge in [0.15, 0.2) is 0 Å². The zero-order chi connectivity index (χ0) is 15.3. The predicted octanol–water partition coefficient (Wildman–Crippen LogP) is 2.01. The van der Waals surface area contributed by atoms with Gasteiger partial charge in [-0.2, -0.15) is 0 Å². The van der Waals surface area contributed by atoms with Gasteiger partial charge < -0.3 is 10.0 Å². The lowest BCUT2D eigenvalue weighted by Crippen LogP contribution is -2.47. The van der Waals surface area contributed by atoms with Gasteiger partial charge in [0.05, 0.1) is 6.54 Å². The van der Waals surface area contributed by atoms with E-state index in [0.717, 1.165) is 25.3 Å². The summed E-state index contributed by atoms with van der Waals surface area (Å²) in [6, 6.07) is 0. The standard InChI is InChI=1S/C16H28N2O3/c1-16(17-11-15(20)21)9-10-18(12-16)14(19)8-4-7-13-5-2-3-6-13/h13,17H,2-12H2,1H3,(H,20,21)/t16-/m1/s1. The van der Waals surface area contributed by atoms with Crippen LogP contribution in [-0.4, -0.2) is 47.1 Å². The van der Waals surface area contributed by atoms with Crippen LogP contribution in [-0.2, 0) is 9.59 Å². The molecule has 1 heterocycles. The smallest absolute Gasteiger partial charge is 0.317 e. The minimum absolute atomic E-state index is 0.0415. The number of aliphatic carboxylic acids is 1. The van der Waals surface area contributed by atoms with Crippen molar-refractivity contribution in [1.29, 1.82) is 0 Å². The molecule has 5 heteroatoms. The Balaban J connectivity index is 1.67. The molecular weight excluding hydrogens is 268 g/mol. The van der Waals surface area contributed by atoms with Crippen molar-refractivity contribution in [3.8, 4) is 0 Å². The van der Waals surface area contributed by atoms with Gasteiger partial charge in [-0.25, -0.2) is 0 Å². The molecule has 2 N–H and O–H groups in total.